The minimum Gasteiger partial charge on any atom is -0.341 e. The van der Waals surface area contributed by atoms with Crippen LogP contribution in [-0.4, -0.2) is 36.0 Å². The van der Waals surface area contributed by atoms with Gasteiger partial charge in [-0.15, -0.1) is 0 Å². The topological polar surface area (TPSA) is 32.3 Å². The molecule has 15 heavy (non-hydrogen) atoms. The summed E-state index contributed by atoms with van der Waals surface area (Å²) in [6.45, 7) is 10.9. The molecule has 1 amide bonds. The average molecular weight is 212 g/mol. The van der Waals surface area contributed by atoms with Crippen LogP contribution in [0.3, 0.4) is 0 Å². The maximum Gasteiger partial charge on any atom is 0.242 e. The first-order valence-electron chi connectivity index (χ1n) is 6.01. The highest BCUT2D eigenvalue weighted by Gasteiger charge is 2.32. The Morgan fingerprint density at radius 1 is 1.53 bits per heavy atom. The maximum atomic E-state index is 12.2. The lowest BCUT2D eigenvalue weighted by molar-refractivity contribution is -0.138. The highest BCUT2D eigenvalue weighted by atomic mass is 16.2. The Hall–Kier alpha value is -0.570. The highest BCUT2D eigenvalue weighted by molar-refractivity contribution is 5.85. The van der Waals surface area contributed by atoms with Gasteiger partial charge in [0.1, 0.15) is 0 Å². The van der Waals surface area contributed by atoms with Gasteiger partial charge in [0.25, 0.3) is 0 Å². The lowest BCUT2D eigenvalue weighted by Gasteiger charge is -2.37. The van der Waals surface area contributed by atoms with Crippen LogP contribution in [0.1, 0.15) is 40.5 Å². The summed E-state index contributed by atoms with van der Waals surface area (Å²) in [7, 11) is 0. The van der Waals surface area contributed by atoms with E-state index < -0.39 is 5.54 Å². The summed E-state index contributed by atoms with van der Waals surface area (Å²) >= 11 is 0. The normalized spacial score (nSPS) is 22.9. The van der Waals surface area contributed by atoms with Crippen molar-refractivity contribution in [2.45, 2.75) is 46.1 Å². The second-order valence-corrected chi connectivity index (χ2v) is 5.15. The third kappa shape index (κ3) is 3.20. The molecule has 0 aliphatic carbocycles. The fourth-order valence-electron chi connectivity index (χ4n) is 2.29. The SMILES string of the molecule is CCNC(C)(C)C(=O)N1CCCC(C)C1. The molecular weight excluding hydrogens is 188 g/mol. The molecule has 1 saturated heterocycles. The second kappa shape index (κ2) is 4.97. The summed E-state index contributed by atoms with van der Waals surface area (Å²) in [5.41, 5.74) is -0.411. The first-order valence-corrected chi connectivity index (χ1v) is 6.01. The fourth-order valence-corrected chi connectivity index (χ4v) is 2.29. The Morgan fingerprint density at radius 3 is 2.73 bits per heavy atom. The van der Waals surface area contributed by atoms with Crippen LogP contribution in [0.15, 0.2) is 0 Å². The van der Waals surface area contributed by atoms with Gasteiger partial charge in [0.05, 0.1) is 5.54 Å². The number of rotatable bonds is 3. The van der Waals surface area contributed by atoms with Crippen molar-refractivity contribution in [3.8, 4) is 0 Å². The molecule has 1 N–H and O–H groups in total. The van der Waals surface area contributed by atoms with Gasteiger partial charge in [-0.3, -0.25) is 4.79 Å². The van der Waals surface area contributed by atoms with Crippen LogP contribution in [0.2, 0.25) is 0 Å². The van der Waals surface area contributed by atoms with E-state index in [1.165, 1.54) is 6.42 Å². The van der Waals surface area contributed by atoms with Crippen molar-refractivity contribution in [2.24, 2.45) is 5.92 Å². The first kappa shape index (κ1) is 12.5. The Labute approximate surface area is 93.2 Å². The number of nitrogens with zero attached hydrogens (tertiary/aromatic N) is 1. The molecule has 0 aromatic carbocycles. The second-order valence-electron chi connectivity index (χ2n) is 5.15. The number of carbonyl (C=O) groups excluding carboxylic acids is 1. The third-order valence-corrected chi connectivity index (χ3v) is 3.10. The zero-order valence-corrected chi connectivity index (χ0v) is 10.5. The Bertz CT molecular complexity index is 226. The van der Waals surface area contributed by atoms with Gasteiger partial charge in [0.2, 0.25) is 5.91 Å². The van der Waals surface area contributed by atoms with Crippen LogP contribution in [0.25, 0.3) is 0 Å². The van der Waals surface area contributed by atoms with E-state index in [-0.39, 0.29) is 5.91 Å². The molecule has 88 valence electrons. The van der Waals surface area contributed by atoms with E-state index in [2.05, 4.69) is 12.2 Å². The number of piperidine rings is 1. The quantitative estimate of drug-likeness (QED) is 0.771. The molecule has 0 bridgehead atoms. The van der Waals surface area contributed by atoms with Gasteiger partial charge in [-0.25, -0.2) is 0 Å². The molecule has 0 aromatic rings. The fraction of sp³-hybridized carbons (Fsp3) is 0.917. The monoisotopic (exact) mass is 212 g/mol. The number of hydrogen-bond donors (Lipinski definition) is 1. The molecule has 1 fully saturated rings. The number of hydrogen-bond acceptors (Lipinski definition) is 2. The molecular formula is C12H24N2O. The van der Waals surface area contributed by atoms with Gasteiger partial charge in [-0.1, -0.05) is 13.8 Å². The summed E-state index contributed by atoms with van der Waals surface area (Å²) in [4.78, 5) is 14.2. The summed E-state index contributed by atoms with van der Waals surface area (Å²) in [6.07, 6.45) is 2.40. The first-order chi connectivity index (χ1) is 6.97. The molecule has 0 spiro atoms. The molecule has 1 rings (SSSR count). The predicted molar refractivity (Wildman–Crippen MR) is 62.7 cm³/mol. The van der Waals surface area contributed by atoms with Crippen LogP contribution in [-0.2, 0) is 4.79 Å². The summed E-state index contributed by atoms with van der Waals surface area (Å²) < 4.78 is 0. The van der Waals surface area contributed by atoms with Crippen LogP contribution in [0.4, 0.5) is 0 Å². The summed E-state index contributed by atoms with van der Waals surface area (Å²) in [6, 6.07) is 0. The van der Waals surface area contributed by atoms with Gasteiger partial charge in [0.15, 0.2) is 0 Å². The van der Waals surface area contributed by atoms with Gasteiger partial charge >= 0.3 is 0 Å². The zero-order valence-electron chi connectivity index (χ0n) is 10.5. The van der Waals surface area contributed by atoms with Crippen molar-refractivity contribution in [3.63, 3.8) is 0 Å². The molecule has 3 nitrogen and oxygen atoms in total. The van der Waals surface area contributed by atoms with Gasteiger partial charge in [-0.05, 0) is 39.2 Å². The molecule has 1 aliphatic heterocycles. The number of carbonyl (C=O) groups is 1. The van der Waals surface area contributed by atoms with Crippen molar-refractivity contribution < 1.29 is 4.79 Å². The van der Waals surface area contributed by atoms with Crippen molar-refractivity contribution >= 4 is 5.91 Å². The number of nitrogens with one attached hydrogen (secondary N) is 1. The molecule has 1 atom stereocenters. The van der Waals surface area contributed by atoms with E-state index in [1.807, 2.05) is 25.7 Å². The Kier molecular flexibility index (Phi) is 4.14. The van der Waals surface area contributed by atoms with Crippen LogP contribution in [0.5, 0.6) is 0 Å². The van der Waals surface area contributed by atoms with Crippen molar-refractivity contribution in [3.05, 3.63) is 0 Å². The van der Waals surface area contributed by atoms with Gasteiger partial charge in [-0.2, -0.15) is 0 Å². The largest absolute Gasteiger partial charge is 0.341 e. The average Bonchev–Trinajstić information content (AvgIpc) is 2.16. The van der Waals surface area contributed by atoms with Crippen molar-refractivity contribution in [1.29, 1.82) is 0 Å². The van der Waals surface area contributed by atoms with Gasteiger partial charge < -0.3 is 10.2 Å². The van der Waals surface area contributed by atoms with E-state index in [0.717, 1.165) is 26.1 Å². The molecule has 0 aromatic heterocycles. The van der Waals surface area contributed by atoms with E-state index in [1.54, 1.807) is 0 Å². The molecule has 1 heterocycles. The van der Waals surface area contributed by atoms with Crippen LogP contribution < -0.4 is 5.32 Å². The summed E-state index contributed by atoms with van der Waals surface area (Å²) in [5.74, 6) is 0.899. The van der Waals surface area contributed by atoms with Crippen molar-refractivity contribution in [2.75, 3.05) is 19.6 Å². The molecule has 3 heteroatoms. The molecule has 1 aliphatic rings. The standard InChI is InChI=1S/C12H24N2O/c1-5-13-12(3,4)11(15)14-8-6-7-10(2)9-14/h10,13H,5-9H2,1-4H3. The van der Waals surface area contributed by atoms with Gasteiger partial charge in [0, 0.05) is 13.1 Å². The molecule has 1 unspecified atom stereocenters. The third-order valence-electron chi connectivity index (χ3n) is 3.10. The highest BCUT2D eigenvalue weighted by Crippen LogP contribution is 2.18. The number of likely N-dealkylation sites (N-methyl/N-ethyl adjacent to an activating group) is 1. The maximum absolute atomic E-state index is 12.2. The minimum absolute atomic E-state index is 0.246. The number of likely N-dealkylation sites (tertiary alicyclic amines) is 1. The van der Waals surface area contributed by atoms with Crippen molar-refractivity contribution in [1.82, 2.24) is 10.2 Å². The van der Waals surface area contributed by atoms with E-state index in [0.29, 0.717) is 5.92 Å². The predicted octanol–water partition coefficient (Wildman–Crippen LogP) is 1.63. The summed E-state index contributed by atoms with van der Waals surface area (Å²) in [5, 5.41) is 3.24. The van der Waals surface area contributed by atoms with E-state index >= 15 is 0 Å². The van der Waals surface area contributed by atoms with Crippen LogP contribution in [0, 0.1) is 5.92 Å². The number of amides is 1. The van der Waals surface area contributed by atoms with E-state index in [4.69, 9.17) is 0 Å². The smallest absolute Gasteiger partial charge is 0.242 e. The minimum atomic E-state index is -0.411. The zero-order chi connectivity index (χ0) is 11.5. The Balaban J connectivity index is 2.58. The van der Waals surface area contributed by atoms with E-state index in [9.17, 15) is 4.79 Å². The lowest BCUT2D eigenvalue weighted by atomic mass is 9.96. The molecule has 0 saturated carbocycles. The molecule has 0 radical (unpaired) electrons. The lowest BCUT2D eigenvalue weighted by Crippen LogP contribution is -2.55. The Morgan fingerprint density at radius 2 is 2.20 bits per heavy atom. The van der Waals surface area contributed by atoms with Crippen LogP contribution >= 0.6 is 0 Å².